The van der Waals surface area contributed by atoms with E-state index in [1.165, 1.54) is 11.1 Å². The molecule has 0 aliphatic heterocycles. The van der Waals surface area contributed by atoms with Crippen LogP contribution >= 0.6 is 0 Å². The Kier molecular flexibility index (Phi) is 1.76. The molecule has 2 unspecified atom stereocenters. The lowest BCUT2D eigenvalue weighted by Crippen LogP contribution is -2.19. The predicted molar refractivity (Wildman–Crippen MR) is 53.3 cm³/mol. The standard InChI is InChI=1S/C12H14O/c1-7-8(2)12-6-10(9(3)13)4-5-11(7)12/h4-8H,1-3H3. The van der Waals surface area contributed by atoms with Crippen LogP contribution in [0.3, 0.4) is 0 Å². The smallest absolute Gasteiger partial charge is 0.159 e. The Bertz CT molecular complexity index is 365. The quantitative estimate of drug-likeness (QED) is 0.598. The topological polar surface area (TPSA) is 17.1 Å². The molecule has 0 heterocycles. The van der Waals surface area contributed by atoms with Gasteiger partial charge in [-0.2, -0.15) is 0 Å². The van der Waals surface area contributed by atoms with Gasteiger partial charge in [-0.15, -0.1) is 0 Å². The van der Waals surface area contributed by atoms with Crippen molar-refractivity contribution in [3.8, 4) is 0 Å². The maximum absolute atomic E-state index is 11.1. The van der Waals surface area contributed by atoms with Crippen LogP contribution in [0, 0.1) is 0 Å². The van der Waals surface area contributed by atoms with Gasteiger partial charge >= 0.3 is 0 Å². The number of hydrogen-bond acceptors (Lipinski definition) is 1. The van der Waals surface area contributed by atoms with E-state index >= 15 is 0 Å². The molecule has 0 N–H and O–H groups in total. The van der Waals surface area contributed by atoms with Crippen molar-refractivity contribution in [1.82, 2.24) is 0 Å². The molecule has 1 nitrogen and oxygen atoms in total. The van der Waals surface area contributed by atoms with Crippen LogP contribution in [-0.2, 0) is 0 Å². The minimum absolute atomic E-state index is 0.162. The Balaban J connectivity index is 2.45. The highest BCUT2D eigenvalue weighted by atomic mass is 16.1. The monoisotopic (exact) mass is 174 g/mol. The van der Waals surface area contributed by atoms with Gasteiger partial charge in [0.25, 0.3) is 0 Å². The molecule has 2 atom stereocenters. The Morgan fingerprint density at radius 1 is 1.15 bits per heavy atom. The first-order valence-electron chi connectivity index (χ1n) is 4.76. The van der Waals surface area contributed by atoms with E-state index in [-0.39, 0.29) is 5.78 Å². The zero-order valence-corrected chi connectivity index (χ0v) is 8.29. The van der Waals surface area contributed by atoms with E-state index in [4.69, 9.17) is 0 Å². The number of benzene rings is 1. The molecule has 13 heavy (non-hydrogen) atoms. The Labute approximate surface area is 78.8 Å². The summed E-state index contributed by atoms with van der Waals surface area (Å²) in [4.78, 5) is 11.1. The number of Topliss-reactive ketones (excluding diaryl/α,β-unsaturated/α-hetero) is 1. The molecule has 1 heteroatoms. The Morgan fingerprint density at radius 2 is 1.77 bits per heavy atom. The zero-order valence-electron chi connectivity index (χ0n) is 8.29. The summed E-state index contributed by atoms with van der Waals surface area (Å²) in [5.41, 5.74) is 3.62. The fraction of sp³-hybridized carbons (Fsp3) is 0.417. The second kappa shape index (κ2) is 2.69. The average Bonchev–Trinajstić information content (AvgIpc) is 2.15. The molecule has 0 fully saturated rings. The Hall–Kier alpha value is -1.11. The van der Waals surface area contributed by atoms with Gasteiger partial charge in [0.05, 0.1) is 0 Å². The van der Waals surface area contributed by atoms with E-state index in [2.05, 4.69) is 19.9 Å². The number of carbonyl (C=O) groups is 1. The second-order valence-electron chi connectivity index (χ2n) is 3.98. The number of fused-ring (bicyclic) bond motifs is 1. The first-order chi connectivity index (χ1) is 6.11. The molecule has 0 bridgehead atoms. The van der Waals surface area contributed by atoms with Crippen LogP contribution in [0.1, 0.15) is 54.1 Å². The number of hydrogen-bond donors (Lipinski definition) is 0. The largest absolute Gasteiger partial charge is 0.295 e. The highest BCUT2D eigenvalue weighted by molar-refractivity contribution is 5.94. The fourth-order valence-corrected chi connectivity index (χ4v) is 2.05. The van der Waals surface area contributed by atoms with Crippen molar-refractivity contribution in [2.24, 2.45) is 0 Å². The summed E-state index contributed by atoms with van der Waals surface area (Å²) < 4.78 is 0. The zero-order chi connectivity index (χ0) is 9.59. The van der Waals surface area contributed by atoms with E-state index < -0.39 is 0 Å². The van der Waals surface area contributed by atoms with E-state index in [0.717, 1.165) is 5.56 Å². The van der Waals surface area contributed by atoms with Crippen molar-refractivity contribution in [3.05, 3.63) is 34.9 Å². The van der Waals surface area contributed by atoms with Crippen molar-refractivity contribution in [3.63, 3.8) is 0 Å². The third-order valence-electron chi connectivity index (χ3n) is 3.22. The first-order valence-corrected chi connectivity index (χ1v) is 4.76. The molecule has 68 valence electrons. The second-order valence-corrected chi connectivity index (χ2v) is 3.98. The van der Waals surface area contributed by atoms with Crippen LogP contribution in [0.15, 0.2) is 18.2 Å². The van der Waals surface area contributed by atoms with Gasteiger partial charge in [-0.25, -0.2) is 0 Å². The molecule has 1 aliphatic carbocycles. The van der Waals surface area contributed by atoms with Crippen LogP contribution < -0.4 is 0 Å². The van der Waals surface area contributed by atoms with E-state index in [0.29, 0.717) is 11.8 Å². The van der Waals surface area contributed by atoms with Gasteiger partial charge in [0.1, 0.15) is 0 Å². The molecule has 0 radical (unpaired) electrons. The third-order valence-corrected chi connectivity index (χ3v) is 3.22. The van der Waals surface area contributed by atoms with Crippen molar-refractivity contribution in [2.75, 3.05) is 0 Å². The minimum Gasteiger partial charge on any atom is -0.295 e. The van der Waals surface area contributed by atoms with Gasteiger partial charge in [0.2, 0.25) is 0 Å². The van der Waals surface area contributed by atoms with Gasteiger partial charge in [0.15, 0.2) is 5.78 Å². The summed E-state index contributed by atoms with van der Waals surface area (Å²) in [7, 11) is 0. The van der Waals surface area contributed by atoms with E-state index in [1.807, 2.05) is 12.1 Å². The molecule has 0 saturated heterocycles. The molecule has 2 rings (SSSR count). The lowest BCUT2D eigenvalue weighted by Gasteiger charge is -2.35. The van der Waals surface area contributed by atoms with Crippen LogP contribution in [0.4, 0.5) is 0 Å². The molecule has 0 saturated carbocycles. The maximum atomic E-state index is 11.1. The molecule has 1 aliphatic rings. The highest BCUT2D eigenvalue weighted by Gasteiger charge is 2.30. The van der Waals surface area contributed by atoms with Crippen molar-refractivity contribution >= 4 is 5.78 Å². The molecule has 1 aromatic carbocycles. The normalized spacial score (nSPS) is 24.8. The highest BCUT2D eigenvalue weighted by Crippen LogP contribution is 2.45. The summed E-state index contributed by atoms with van der Waals surface area (Å²) in [5, 5.41) is 0. The van der Waals surface area contributed by atoms with E-state index in [1.54, 1.807) is 6.92 Å². The summed E-state index contributed by atoms with van der Waals surface area (Å²) in [6.45, 7) is 6.08. The van der Waals surface area contributed by atoms with E-state index in [9.17, 15) is 4.79 Å². The van der Waals surface area contributed by atoms with Crippen molar-refractivity contribution < 1.29 is 4.79 Å². The molecule has 0 aromatic heterocycles. The number of ketones is 1. The lowest BCUT2D eigenvalue weighted by molar-refractivity contribution is 0.101. The average molecular weight is 174 g/mol. The van der Waals surface area contributed by atoms with Gasteiger partial charge in [0, 0.05) is 5.56 Å². The van der Waals surface area contributed by atoms with Gasteiger partial charge in [-0.3, -0.25) is 4.79 Å². The number of carbonyl (C=O) groups excluding carboxylic acids is 1. The molecular formula is C12H14O. The van der Waals surface area contributed by atoms with Crippen LogP contribution in [0.2, 0.25) is 0 Å². The van der Waals surface area contributed by atoms with Gasteiger partial charge in [-0.1, -0.05) is 26.0 Å². The Morgan fingerprint density at radius 3 is 2.38 bits per heavy atom. The molecular weight excluding hydrogens is 160 g/mol. The van der Waals surface area contributed by atoms with Crippen LogP contribution in [-0.4, -0.2) is 5.78 Å². The third kappa shape index (κ3) is 1.11. The fourth-order valence-electron chi connectivity index (χ4n) is 2.05. The van der Waals surface area contributed by atoms with Crippen molar-refractivity contribution in [1.29, 1.82) is 0 Å². The summed E-state index contributed by atoms with van der Waals surface area (Å²) >= 11 is 0. The summed E-state index contributed by atoms with van der Waals surface area (Å²) in [5.74, 6) is 1.44. The van der Waals surface area contributed by atoms with Crippen LogP contribution in [0.5, 0.6) is 0 Å². The first kappa shape index (κ1) is 8.49. The summed E-state index contributed by atoms with van der Waals surface area (Å²) in [6, 6.07) is 6.07. The lowest BCUT2D eigenvalue weighted by atomic mass is 9.69. The summed E-state index contributed by atoms with van der Waals surface area (Å²) in [6.07, 6.45) is 0. The molecule has 1 aromatic rings. The maximum Gasteiger partial charge on any atom is 0.159 e. The van der Waals surface area contributed by atoms with Gasteiger partial charge in [-0.05, 0) is 36.0 Å². The van der Waals surface area contributed by atoms with Gasteiger partial charge < -0.3 is 0 Å². The molecule has 0 amide bonds. The molecule has 0 spiro atoms. The number of rotatable bonds is 1. The minimum atomic E-state index is 0.162. The van der Waals surface area contributed by atoms with Crippen LogP contribution in [0.25, 0.3) is 0 Å². The predicted octanol–water partition coefficient (Wildman–Crippen LogP) is 3.11. The SMILES string of the molecule is CC(=O)c1ccc2c(c1)C(C)C2C. The van der Waals surface area contributed by atoms with Crippen molar-refractivity contribution in [2.45, 2.75) is 32.6 Å².